The smallest absolute Gasteiger partial charge is 0.208 e. The molecule has 1 aliphatic rings. The normalized spacial score (nSPS) is 18.7. The van der Waals surface area contributed by atoms with Gasteiger partial charge >= 0.3 is 0 Å². The number of nitrogens with one attached hydrogen (secondary N) is 1. The van der Waals surface area contributed by atoms with E-state index in [-0.39, 0.29) is 12.6 Å². The first-order valence-electron chi connectivity index (χ1n) is 6.55. The number of fused-ring (bicyclic) bond motifs is 3. The van der Waals surface area contributed by atoms with Gasteiger partial charge < -0.3 is 14.0 Å². The number of imidazole rings is 1. The first-order valence-corrected chi connectivity index (χ1v) is 8.44. The van der Waals surface area contributed by atoms with Gasteiger partial charge in [0.2, 0.25) is 10.0 Å². The Morgan fingerprint density at radius 1 is 1.52 bits per heavy atom. The lowest BCUT2D eigenvalue weighted by atomic mass is 10.2. The molecule has 8 heteroatoms. The van der Waals surface area contributed by atoms with Crippen molar-refractivity contribution < 1.29 is 17.9 Å². The number of sulfonamides is 1. The van der Waals surface area contributed by atoms with Gasteiger partial charge in [-0.1, -0.05) is 0 Å². The molecule has 0 aliphatic carbocycles. The monoisotopic (exact) mass is 311 g/mol. The zero-order chi connectivity index (χ0) is 15.0. The van der Waals surface area contributed by atoms with Gasteiger partial charge in [-0.2, -0.15) is 0 Å². The number of ether oxygens (including phenoxy) is 2. The van der Waals surface area contributed by atoms with Crippen LogP contribution >= 0.6 is 0 Å². The van der Waals surface area contributed by atoms with Crippen molar-refractivity contribution >= 4 is 21.1 Å². The van der Waals surface area contributed by atoms with E-state index >= 15 is 0 Å². The Morgan fingerprint density at radius 3 is 3.05 bits per heavy atom. The van der Waals surface area contributed by atoms with Crippen molar-refractivity contribution in [3.63, 3.8) is 0 Å². The van der Waals surface area contributed by atoms with Gasteiger partial charge in [-0.25, -0.2) is 18.1 Å². The molecule has 0 bridgehead atoms. The number of methoxy groups -OCH3 is 1. The van der Waals surface area contributed by atoms with Crippen molar-refractivity contribution in [2.75, 3.05) is 26.5 Å². The van der Waals surface area contributed by atoms with E-state index in [1.54, 1.807) is 7.11 Å². The summed E-state index contributed by atoms with van der Waals surface area (Å²) in [5, 5.41) is 0. The largest absolute Gasteiger partial charge is 0.497 e. The molecule has 1 aromatic heterocycles. The number of rotatable bonds is 4. The molecule has 2 aromatic rings. The van der Waals surface area contributed by atoms with Gasteiger partial charge in [-0.05, 0) is 12.1 Å². The predicted molar refractivity (Wildman–Crippen MR) is 77.8 cm³/mol. The molecule has 3 rings (SSSR count). The lowest BCUT2D eigenvalue weighted by Gasteiger charge is -2.26. The van der Waals surface area contributed by atoms with Crippen LogP contribution in [0.15, 0.2) is 18.2 Å². The van der Waals surface area contributed by atoms with E-state index in [4.69, 9.17) is 9.47 Å². The summed E-state index contributed by atoms with van der Waals surface area (Å²) in [7, 11) is -1.63. The Labute approximate surface area is 122 Å². The van der Waals surface area contributed by atoms with Crippen molar-refractivity contribution in [2.45, 2.75) is 12.6 Å². The van der Waals surface area contributed by atoms with Crippen LogP contribution in [0.25, 0.3) is 11.0 Å². The van der Waals surface area contributed by atoms with E-state index in [1.165, 1.54) is 0 Å². The second kappa shape index (κ2) is 5.28. The molecule has 114 valence electrons. The minimum Gasteiger partial charge on any atom is -0.497 e. The molecule has 0 saturated heterocycles. The third-order valence-corrected chi connectivity index (χ3v) is 4.15. The summed E-state index contributed by atoms with van der Waals surface area (Å²) >= 11 is 0. The summed E-state index contributed by atoms with van der Waals surface area (Å²) in [5.41, 5.74) is 1.77. The lowest BCUT2D eigenvalue weighted by Crippen LogP contribution is -2.35. The van der Waals surface area contributed by atoms with Crippen LogP contribution in [0.2, 0.25) is 0 Å². The van der Waals surface area contributed by atoms with Gasteiger partial charge in [-0.15, -0.1) is 0 Å². The summed E-state index contributed by atoms with van der Waals surface area (Å²) in [6.07, 6.45) is 1.15. The standard InChI is InChI=1S/C13H17N3O4S/c1-19-10-3-4-11-12(5-10)16-9(6-14-21(2,17)18)7-20-8-13(16)15-11/h3-5,9,14H,6-8H2,1-2H3/t9-/m0/s1. The fourth-order valence-corrected chi connectivity index (χ4v) is 3.01. The Hall–Kier alpha value is -1.64. The highest BCUT2D eigenvalue weighted by Crippen LogP contribution is 2.28. The highest BCUT2D eigenvalue weighted by molar-refractivity contribution is 7.88. The van der Waals surface area contributed by atoms with Crippen molar-refractivity contribution in [3.05, 3.63) is 24.0 Å². The molecule has 1 aliphatic heterocycles. The minimum absolute atomic E-state index is 0.124. The van der Waals surface area contributed by atoms with Crippen LogP contribution < -0.4 is 9.46 Å². The molecule has 0 amide bonds. The molecule has 0 unspecified atom stereocenters. The molecule has 1 N–H and O–H groups in total. The summed E-state index contributed by atoms with van der Waals surface area (Å²) in [4.78, 5) is 4.53. The minimum atomic E-state index is -3.24. The number of hydrogen-bond acceptors (Lipinski definition) is 5. The van der Waals surface area contributed by atoms with Crippen LogP contribution in [0.1, 0.15) is 11.9 Å². The molecule has 0 spiro atoms. The molecule has 0 saturated carbocycles. The first kappa shape index (κ1) is 14.3. The van der Waals surface area contributed by atoms with Crippen molar-refractivity contribution in [1.82, 2.24) is 14.3 Å². The molecule has 2 heterocycles. The summed E-state index contributed by atoms with van der Waals surface area (Å²) in [6.45, 7) is 1.14. The summed E-state index contributed by atoms with van der Waals surface area (Å²) in [6, 6.07) is 5.53. The molecule has 1 aromatic carbocycles. The van der Waals surface area contributed by atoms with E-state index < -0.39 is 10.0 Å². The van der Waals surface area contributed by atoms with Gasteiger partial charge in [0.15, 0.2) is 0 Å². The Balaban J connectivity index is 2.02. The highest BCUT2D eigenvalue weighted by atomic mass is 32.2. The molecular formula is C13H17N3O4S. The molecule has 21 heavy (non-hydrogen) atoms. The number of benzene rings is 1. The van der Waals surface area contributed by atoms with Crippen LogP contribution in [-0.4, -0.2) is 44.5 Å². The molecule has 7 nitrogen and oxygen atoms in total. The van der Waals surface area contributed by atoms with Crippen molar-refractivity contribution in [2.24, 2.45) is 0 Å². The van der Waals surface area contributed by atoms with Crippen LogP contribution in [0.4, 0.5) is 0 Å². The third kappa shape index (κ3) is 2.87. The Morgan fingerprint density at radius 2 is 2.33 bits per heavy atom. The van der Waals surface area contributed by atoms with Crippen LogP contribution in [0.3, 0.4) is 0 Å². The summed E-state index contributed by atoms with van der Waals surface area (Å²) < 4.78 is 37.9. The average Bonchev–Trinajstić information content (AvgIpc) is 2.82. The van der Waals surface area contributed by atoms with Crippen molar-refractivity contribution in [1.29, 1.82) is 0 Å². The molecule has 0 fully saturated rings. The maximum Gasteiger partial charge on any atom is 0.208 e. The Kier molecular flexibility index (Phi) is 3.60. The lowest BCUT2D eigenvalue weighted by molar-refractivity contribution is 0.0581. The molecule has 1 atom stereocenters. The SMILES string of the molecule is COc1ccc2nc3n(c2c1)[C@@H](CNS(C)(=O)=O)COC3. The first-order chi connectivity index (χ1) is 9.98. The zero-order valence-corrected chi connectivity index (χ0v) is 12.7. The fraction of sp³-hybridized carbons (Fsp3) is 0.462. The predicted octanol–water partition coefficient (Wildman–Crippen LogP) is 0.665. The van der Waals surface area contributed by atoms with E-state index in [0.29, 0.717) is 13.2 Å². The van der Waals surface area contributed by atoms with Crippen LogP contribution in [-0.2, 0) is 21.4 Å². The number of hydrogen-bond donors (Lipinski definition) is 1. The third-order valence-electron chi connectivity index (χ3n) is 3.46. The van der Waals surface area contributed by atoms with Gasteiger partial charge in [0.25, 0.3) is 0 Å². The zero-order valence-electron chi connectivity index (χ0n) is 11.9. The maximum atomic E-state index is 11.3. The van der Waals surface area contributed by atoms with Crippen LogP contribution in [0, 0.1) is 0 Å². The summed E-state index contributed by atoms with van der Waals surface area (Å²) in [5.74, 6) is 1.54. The van der Waals surface area contributed by atoms with E-state index in [2.05, 4.69) is 9.71 Å². The quantitative estimate of drug-likeness (QED) is 0.897. The second-order valence-electron chi connectivity index (χ2n) is 5.04. The van der Waals surface area contributed by atoms with E-state index in [9.17, 15) is 8.42 Å². The van der Waals surface area contributed by atoms with Gasteiger partial charge in [0.05, 0.1) is 37.0 Å². The Bertz CT molecular complexity index is 769. The van der Waals surface area contributed by atoms with E-state index in [0.717, 1.165) is 28.9 Å². The fourth-order valence-electron chi connectivity index (χ4n) is 2.52. The number of nitrogens with zero attached hydrogens (tertiary/aromatic N) is 2. The van der Waals surface area contributed by atoms with Gasteiger partial charge in [-0.3, -0.25) is 0 Å². The average molecular weight is 311 g/mol. The van der Waals surface area contributed by atoms with Gasteiger partial charge in [0, 0.05) is 12.6 Å². The number of aromatic nitrogens is 2. The van der Waals surface area contributed by atoms with Crippen molar-refractivity contribution in [3.8, 4) is 5.75 Å². The van der Waals surface area contributed by atoms with Crippen LogP contribution in [0.5, 0.6) is 5.75 Å². The van der Waals surface area contributed by atoms with Gasteiger partial charge in [0.1, 0.15) is 18.2 Å². The maximum absolute atomic E-state index is 11.3. The molecular weight excluding hydrogens is 294 g/mol. The second-order valence-corrected chi connectivity index (χ2v) is 6.88. The topological polar surface area (TPSA) is 82.5 Å². The molecule has 0 radical (unpaired) electrons. The van der Waals surface area contributed by atoms with E-state index in [1.807, 2.05) is 22.8 Å². The highest BCUT2D eigenvalue weighted by Gasteiger charge is 2.25.